The Morgan fingerprint density at radius 3 is 1.91 bits per heavy atom. The molecule has 1 fully saturated rings. The lowest BCUT2D eigenvalue weighted by molar-refractivity contribution is -0.148. The molecule has 550 valence electrons. The molecule has 3 rings (SSSR count). The molecule has 27 nitrogen and oxygen atoms in total. The van der Waals surface area contributed by atoms with Crippen molar-refractivity contribution in [3.05, 3.63) is 65.7 Å². The fraction of sp³-hybridized carbons (Fsp3) is 0.671. The number of benzene rings is 2. The molecule has 13 atom stereocenters. The van der Waals surface area contributed by atoms with Crippen LogP contribution in [0.5, 0.6) is 0 Å². The number of amides is 11. The van der Waals surface area contributed by atoms with Crippen LogP contribution >= 0.6 is 11.8 Å². The summed E-state index contributed by atoms with van der Waals surface area (Å²) in [5, 5.41) is 29.9. The molecule has 0 saturated carbocycles. The first-order valence-electron chi connectivity index (χ1n) is 34.1. The Labute approximate surface area is 583 Å². The summed E-state index contributed by atoms with van der Waals surface area (Å²) in [4.78, 5) is 152. The minimum Gasteiger partial charge on any atom is -0.469 e. The standard InChI is InChI=1S/C70H113N11O16S/c1-17-44(8)60(52(94-13)38-55(83)81-37-25-29-51(81)62(96-15)45(9)63(86)74-46(10)61(85)48-26-20-18-21-27-48)79(11)68(91)58(42(4)5)78-67(90)59(43(6)7)80(12)70(93)97-40-47-31-33-49(34-32-47)75-64(87)50(28-24-36-73-69(71)92)76-66(89)57(41(2)3)77-54(82)30-22-19-23-35-72-65(88)53(98-16)39-56(84)95-14/h18,20-21,26-27,31-34,41-46,50-53,57-62,85H,17,19,22-25,28-30,35-40H2,1-16H3,(H,72,88)(H,74,86)(H,75,87)(H,76,89)(H,77,82)(H,78,90)(H3,71,73,92)/t44-,45+,46+,50-,51-,52+,53?,57-,58-,59-,60-,61+,62+/m0/s1. The zero-order valence-corrected chi connectivity index (χ0v) is 61.3. The second kappa shape index (κ2) is 43.1. The van der Waals surface area contributed by atoms with Crippen molar-refractivity contribution >= 4 is 82.8 Å². The molecule has 0 bridgehead atoms. The summed E-state index contributed by atoms with van der Waals surface area (Å²) < 4.78 is 22.4. The molecular weight excluding hydrogens is 1280 g/mol. The maximum absolute atomic E-state index is 14.8. The normalized spacial score (nSPS) is 16.7. The Balaban J connectivity index is 1.66. The Hall–Kier alpha value is -7.56. The smallest absolute Gasteiger partial charge is 0.410 e. The average Bonchev–Trinajstić information content (AvgIpc) is 1.06. The van der Waals surface area contributed by atoms with E-state index < -0.39 is 125 Å². The van der Waals surface area contributed by atoms with Crippen molar-refractivity contribution in [2.24, 2.45) is 35.3 Å². The van der Waals surface area contributed by atoms with Crippen LogP contribution in [0.25, 0.3) is 0 Å². The number of anilines is 1. The second-order valence-corrected chi connectivity index (χ2v) is 27.4. The van der Waals surface area contributed by atoms with Gasteiger partial charge in [0.2, 0.25) is 47.3 Å². The van der Waals surface area contributed by atoms with Gasteiger partial charge in [0.05, 0.1) is 67.6 Å². The summed E-state index contributed by atoms with van der Waals surface area (Å²) in [5.74, 6) is -6.03. The molecule has 1 unspecified atom stereocenters. The number of carbonyl (C=O) groups excluding carboxylic acids is 11. The van der Waals surface area contributed by atoms with Gasteiger partial charge in [-0.25, -0.2) is 9.59 Å². The van der Waals surface area contributed by atoms with Crippen molar-refractivity contribution in [2.45, 2.75) is 212 Å². The molecular formula is C70H113N11O16S. The van der Waals surface area contributed by atoms with E-state index in [4.69, 9.17) is 19.9 Å². The number of aliphatic hydroxyl groups excluding tert-OH is 1. The van der Waals surface area contributed by atoms with Gasteiger partial charge < -0.3 is 76.8 Å². The second-order valence-electron chi connectivity index (χ2n) is 26.4. The van der Waals surface area contributed by atoms with Gasteiger partial charge in [0.25, 0.3) is 0 Å². The molecule has 0 aromatic heterocycles. The van der Waals surface area contributed by atoms with E-state index in [1.54, 1.807) is 115 Å². The largest absolute Gasteiger partial charge is 0.469 e. The molecule has 1 heterocycles. The number of rotatable bonds is 42. The first-order valence-corrected chi connectivity index (χ1v) is 35.4. The number of nitrogens with two attached hydrogens (primary N) is 1. The predicted octanol–water partition coefficient (Wildman–Crippen LogP) is 5.56. The van der Waals surface area contributed by atoms with Gasteiger partial charge in [0.1, 0.15) is 30.8 Å². The van der Waals surface area contributed by atoms with Crippen LogP contribution in [0.4, 0.5) is 15.3 Å². The van der Waals surface area contributed by atoms with Crippen molar-refractivity contribution < 1.29 is 76.8 Å². The van der Waals surface area contributed by atoms with E-state index in [0.29, 0.717) is 68.4 Å². The van der Waals surface area contributed by atoms with Crippen molar-refractivity contribution in [1.29, 1.82) is 0 Å². The number of primary amides is 1. The quantitative estimate of drug-likeness (QED) is 0.0290. The molecule has 1 saturated heterocycles. The van der Waals surface area contributed by atoms with E-state index in [1.165, 1.54) is 45.0 Å². The van der Waals surface area contributed by atoms with Crippen LogP contribution in [0, 0.1) is 29.6 Å². The molecule has 0 aliphatic carbocycles. The number of methoxy groups -OCH3 is 3. The van der Waals surface area contributed by atoms with Crippen molar-refractivity contribution in [3.8, 4) is 0 Å². The number of thioether (sulfide) groups is 1. The lowest BCUT2D eigenvalue weighted by Crippen LogP contribution is -2.60. The van der Waals surface area contributed by atoms with Gasteiger partial charge in [0, 0.05) is 60.1 Å². The SMILES string of the molecule is CC[C@H](C)[C@@H]([C@@H](CC(=O)N1CCC[C@H]1[C@H](OC)[C@@H](C)C(=O)N[C@H](C)[C@@H](O)c1ccccc1)OC)N(C)C(=O)[C@@H](NC(=O)[C@H](C(C)C)N(C)C(=O)OCc1ccc(NC(=O)[C@H](CCCNC(N)=O)NC(=O)[C@@H](NC(=O)CCCCCNC(=O)C(CC(=O)OC)SC)C(C)C)cc1)C(C)C. The summed E-state index contributed by atoms with van der Waals surface area (Å²) in [6.45, 7) is 18.7. The topological polar surface area (TPSA) is 365 Å². The number of nitrogens with zero attached hydrogens (tertiary/aromatic N) is 3. The van der Waals surface area contributed by atoms with Crippen LogP contribution in [0.15, 0.2) is 54.6 Å². The van der Waals surface area contributed by atoms with E-state index in [2.05, 4.69) is 42.0 Å². The third kappa shape index (κ3) is 26.6. The number of ether oxygens (including phenoxy) is 4. The number of urea groups is 1. The Kier molecular flexibility index (Phi) is 37.2. The number of aliphatic hydroxyl groups is 1. The molecule has 0 spiro atoms. The monoisotopic (exact) mass is 1400 g/mol. The zero-order valence-electron chi connectivity index (χ0n) is 60.4. The molecule has 11 amide bonds. The lowest BCUT2D eigenvalue weighted by atomic mass is 9.89. The molecule has 98 heavy (non-hydrogen) atoms. The summed E-state index contributed by atoms with van der Waals surface area (Å²) in [7, 11) is 7.34. The summed E-state index contributed by atoms with van der Waals surface area (Å²) in [6.07, 6.45) is 2.35. The summed E-state index contributed by atoms with van der Waals surface area (Å²) in [5.41, 5.74) is 6.78. The van der Waals surface area contributed by atoms with Crippen LogP contribution in [0.1, 0.15) is 157 Å². The number of unbranched alkanes of at least 4 members (excludes halogenated alkanes) is 2. The van der Waals surface area contributed by atoms with Gasteiger partial charge in [-0.05, 0) is 98.6 Å². The zero-order chi connectivity index (χ0) is 73.5. The Morgan fingerprint density at radius 1 is 0.694 bits per heavy atom. The molecule has 28 heteroatoms. The number of esters is 1. The number of hydrogen-bond acceptors (Lipinski definition) is 17. The van der Waals surface area contributed by atoms with Gasteiger partial charge in [0.15, 0.2) is 0 Å². The van der Waals surface area contributed by atoms with E-state index in [9.17, 15) is 57.8 Å². The lowest BCUT2D eigenvalue weighted by Gasteiger charge is -2.41. The average molecular weight is 1400 g/mol. The first-order chi connectivity index (χ1) is 46.4. The minimum absolute atomic E-state index is 0.0479. The number of likely N-dealkylation sites (tertiary alicyclic amines) is 1. The third-order valence-corrected chi connectivity index (χ3v) is 19.0. The number of carbonyl (C=O) groups is 11. The van der Waals surface area contributed by atoms with Gasteiger partial charge in [-0.3, -0.25) is 48.1 Å². The Bertz CT molecular complexity index is 2890. The highest BCUT2D eigenvalue weighted by Gasteiger charge is 2.44. The van der Waals surface area contributed by atoms with Crippen LogP contribution in [0.2, 0.25) is 0 Å². The van der Waals surface area contributed by atoms with Crippen molar-refractivity contribution in [1.82, 2.24) is 46.6 Å². The highest BCUT2D eigenvalue weighted by atomic mass is 32.2. The van der Waals surface area contributed by atoms with Crippen LogP contribution < -0.4 is 43.0 Å². The molecule has 1 aliphatic heterocycles. The van der Waals surface area contributed by atoms with E-state index >= 15 is 0 Å². The highest BCUT2D eigenvalue weighted by molar-refractivity contribution is 7.99. The molecule has 2 aromatic rings. The fourth-order valence-corrected chi connectivity index (χ4v) is 12.7. The van der Waals surface area contributed by atoms with Gasteiger partial charge in [-0.1, -0.05) is 118 Å². The molecule has 2 aromatic carbocycles. The number of hydrogen-bond donors (Lipinski definition) is 9. The first kappa shape index (κ1) is 84.7. The summed E-state index contributed by atoms with van der Waals surface area (Å²) >= 11 is 1.24. The number of nitrogens with one attached hydrogen (secondary N) is 7. The Morgan fingerprint density at radius 2 is 1.34 bits per heavy atom. The fourth-order valence-electron chi connectivity index (χ4n) is 12.1. The van der Waals surface area contributed by atoms with Crippen molar-refractivity contribution in [3.63, 3.8) is 0 Å². The van der Waals surface area contributed by atoms with E-state index in [1.807, 2.05) is 32.0 Å². The maximum atomic E-state index is 14.8. The molecule has 0 radical (unpaired) electrons. The summed E-state index contributed by atoms with van der Waals surface area (Å²) in [6, 6.07) is 8.74. The van der Waals surface area contributed by atoms with E-state index in [0.717, 1.165) is 0 Å². The van der Waals surface area contributed by atoms with Gasteiger partial charge >= 0.3 is 18.1 Å². The van der Waals surface area contributed by atoms with E-state index in [-0.39, 0.29) is 80.7 Å². The van der Waals surface area contributed by atoms with Crippen LogP contribution in [0.3, 0.4) is 0 Å². The highest BCUT2D eigenvalue weighted by Crippen LogP contribution is 2.31. The van der Waals surface area contributed by atoms with Crippen LogP contribution in [-0.2, 0) is 68.7 Å². The van der Waals surface area contributed by atoms with Crippen molar-refractivity contribution in [2.75, 3.05) is 66.6 Å². The minimum atomic E-state index is -1.12. The molecule has 10 N–H and O–H groups in total. The predicted molar refractivity (Wildman–Crippen MR) is 374 cm³/mol. The van der Waals surface area contributed by atoms with Gasteiger partial charge in [-0.2, -0.15) is 11.8 Å². The van der Waals surface area contributed by atoms with Crippen LogP contribution in [-0.4, -0.2) is 206 Å². The number of likely N-dealkylation sites (N-methyl/N-ethyl adjacent to an activating group) is 2. The maximum Gasteiger partial charge on any atom is 0.410 e. The third-order valence-electron chi connectivity index (χ3n) is 18.1. The van der Waals surface area contributed by atoms with Gasteiger partial charge in [-0.15, -0.1) is 0 Å². The molecule has 1 aliphatic rings.